The number of nitrogens with zero attached hydrogens (tertiary/aromatic N) is 2. The molecule has 0 atom stereocenters. The number of quaternary nitrogens is 1. The van der Waals surface area contributed by atoms with Crippen LogP contribution in [-0.4, -0.2) is 79.0 Å². The van der Waals surface area contributed by atoms with Gasteiger partial charge in [0.15, 0.2) is 5.71 Å². The fourth-order valence-corrected chi connectivity index (χ4v) is 4.91. The van der Waals surface area contributed by atoms with Gasteiger partial charge in [0.1, 0.15) is 23.2 Å². The minimum atomic E-state index is -4.56. The number of para-hydroxylation sites is 1. The summed E-state index contributed by atoms with van der Waals surface area (Å²) in [5.41, 5.74) is 3.03. The molecule has 40 heavy (non-hydrogen) atoms. The van der Waals surface area contributed by atoms with Gasteiger partial charge in [-0.05, 0) is 51.0 Å². The van der Waals surface area contributed by atoms with E-state index in [-0.39, 0.29) is 17.9 Å². The average molecular weight is 574 g/mol. The summed E-state index contributed by atoms with van der Waals surface area (Å²) in [5.74, 6) is -1.80. The third-order valence-electron chi connectivity index (χ3n) is 6.29. The van der Waals surface area contributed by atoms with Crippen LogP contribution in [0.15, 0.2) is 65.7 Å². The maximum absolute atomic E-state index is 11.6. The second-order valence-corrected chi connectivity index (χ2v) is 12.5. The van der Waals surface area contributed by atoms with E-state index >= 15 is 0 Å². The molecule has 0 saturated heterocycles. The van der Waals surface area contributed by atoms with Gasteiger partial charge in [-0.3, -0.25) is 4.79 Å². The second-order valence-electron chi connectivity index (χ2n) is 11.2. The van der Waals surface area contributed by atoms with Gasteiger partial charge in [0.2, 0.25) is 5.69 Å². The van der Waals surface area contributed by atoms with Crippen LogP contribution in [0, 0.1) is 0 Å². The molecule has 0 amide bonds. The summed E-state index contributed by atoms with van der Waals surface area (Å²) in [7, 11) is 0.845. The standard InChI is InChI=1S/C24H28N2O5S.C5H11NO2/c1-24(2)20-17-19(32(29,30)31)12-13-21(20)26(16-8-4-7-11-23(27)28)22(24)14-15-25-18-9-5-3-6-10-18;1-6(2,3)4-5(7)8/h3,5-6,9-10,12-15,17H,4,7-8,11,16H2,1-2H3,(H2,27,28,29,30,31);4H2,1-3H3. The predicted octanol–water partition coefficient (Wildman–Crippen LogP) is 2.68. The number of nitrogens with one attached hydrogen (secondary N) is 1. The van der Waals surface area contributed by atoms with Gasteiger partial charge >= 0.3 is 5.97 Å². The number of hydrogen-bond donors (Lipinski definition) is 2. The van der Waals surface area contributed by atoms with E-state index in [1.165, 1.54) is 12.1 Å². The van der Waals surface area contributed by atoms with Crippen LogP contribution in [0.2, 0.25) is 0 Å². The van der Waals surface area contributed by atoms with E-state index in [2.05, 4.69) is 9.89 Å². The van der Waals surface area contributed by atoms with E-state index in [0.717, 1.165) is 35.5 Å². The molecule has 0 fully saturated rings. The fraction of sp³-hybridized carbons (Fsp3) is 0.414. The third kappa shape index (κ3) is 9.89. The first-order valence-electron chi connectivity index (χ1n) is 13.0. The van der Waals surface area contributed by atoms with Crippen molar-refractivity contribution >= 4 is 39.1 Å². The molecule has 2 aromatic carbocycles. The van der Waals surface area contributed by atoms with Crippen molar-refractivity contribution in [3.63, 3.8) is 0 Å². The molecule has 1 aliphatic heterocycles. The summed E-state index contributed by atoms with van der Waals surface area (Å²) in [6.07, 6.45) is 6.12. The Morgan fingerprint density at radius 1 is 1.05 bits per heavy atom. The van der Waals surface area contributed by atoms with E-state index in [1.54, 1.807) is 27.2 Å². The molecule has 2 aromatic rings. The van der Waals surface area contributed by atoms with E-state index in [0.29, 0.717) is 17.4 Å². The second kappa shape index (κ2) is 13.7. The van der Waals surface area contributed by atoms with Crippen molar-refractivity contribution in [3.8, 4) is 0 Å². The van der Waals surface area contributed by atoms with Gasteiger partial charge in [-0.15, -0.1) is 0 Å². The number of fused-ring (bicyclic) bond motifs is 1. The van der Waals surface area contributed by atoms with Crippen molar-refractivity contribution in [2.24, 2.45) is 0 Å². The Kier molecular flexibility index (Phi) is 11.2. The molecule has 1 heterocycles. The molecule has 218 valence electrons. The molecule has 0 radical (unpaired) electrons. The molecule has 0 aromatic heterocycles. The quantitative estimate of drug-likeness (QED) is 0.170. The predicted molar refractivity (Wildman–Crippen MR) is 150 cm³/mol. The zero-order chi connectivity index (χ0) is 30.1. The minimum absolute atomic E-state index is 0.0694. The summed E-state index contributed by atoms with van der Waals surface area (Å²) in [6.45, 7) is 4.73. The molecule has 0 spiro atoms. The summed E-state index contributed by atoms with van der Waals surface area (Å²) in [4.78, 5) is 20.4. The Balaban J connectivity index is 0.000000611. The summed E-state index contributed by atoms with van der Waals surface area (Å²) < 4.78 is 37.3. The molecular weight excluding hydrogens is 534 g/mol. The van der Waals surface area contributed by atoms with E-state index < -0.39 is 27.5 Å². The van der Waals surface area contributed by atoms with Crippen LogP contribution in [0.1, 0.15) is 45.1 Å². The maximum Gasteiger partial charge on any atom is 0.303 e. The molecular formula is C29H39N3O7S. The number of anilines is 1. The van der Waals surface area contributed by atoms with Gasteiger partial charge in [-0.25, -0.2) is 8.42 Å². The summed E-state index contributed by atoms with van der Waals surface area (Å²) >= 11 is 0. The van der Waals surface area contributed by atoms with Crippen LogP contribution in [0.5, 0.6) is 0 Å². The first-order chi connectivity index (χ1) is 18.5. The Morgan fingerprint density at radius 3 is 2.23 bits per heavy atom. The number of carboxylic acid groups (broad SMARTS) is 2. The zero-order valence-corrected chi connectivity index (χ0v) is 24.5. The lowest BCUT2D eigenvalue weighted by atomic mass is 9.81. The number of carbonyl (C=O) groups excluding carboxylic acids is 1. The van der Waals surface area contributed by atoms with E-state index in [4.69, 9.17) is 5.11 Å². The van der Waals surface area contributed by atoms with Crippen molar-refractivity contribution in [3.05, 3.63) is 66.4 Å². The number of unbranched alkanes of at least 4 members (excludes halogenated alkanes) is 2. The van der Waals surface area contributed by atoms with Crippen molar-refractivity contribution in [2.45, 2.75) is 49.8 Å². The van der Waals surface area contributed by atoms with Crippen LogP contribution < -0.4 is 10.4 Å². The number of likely N-dealkylation sites (N-methyl/N-ethyl adjacent to an activating group) is 1. The van der Waals surface area contributed by atoms with E-state index in [9.17, 15) is 27.7 Å². The van der Waals surface area contributed by atoms with Crippen molar-refractivity contribution in [1.82, 2.24) is 0 Å². The zero-order valence-electron chi connectivity index (χ0n) is 23.7. The lowest BCUT2D eigenvalue weighted by Gasteiger charge is -2.23. The number of rotatable bonds is 12. The van der Waals surface area contributed by atoms with Crippen LogP contribution in [0.4, 0.5) is 11.4 Å². The monoisotopic (exact) mass is 573 g/mol. The van der Waals surface area contributed by atoms with Gasteiger partial charge in [0.05, 0.1) is 37.4 Å². The number of aliphatic carboxylic acids is 2. The van der Waals surface area contributed by atoms with Gasteiger partial charge < -0.3 is 29.4 Å². The number of allylic oxidation sites excluding steroid dienone is 1. The first-order valence-corrected chi connectivity index (χ1v) is 14.4. The van der Waals surface area contributed by atoms with Crippen molar-refractivity contribution < 1.29 is 41.8 Å². The molecule has 2 N–H and O–H groups in total. The van der Waals surface area contributed by atoms with Gasteiger partial charge in [-0.1, -0.05) is 18.2 Å². The average Bonchev–Trinajstić information content (AvgIpc) is 3.03. The molecule has 1 aliphatic rings. The molecule has 0 aliphatic carbocycles. The smallest absolute Gasteiger partial charge is 0.303 e. The van der Waals surface area contributed by atoms with Crippen LogP contribution >= 0.6 is 0 Å². The minimum Gasteiger partial charge on any atom is -0.744 e. The fourth-order valence-electron chi connectivity index (χ4n) is 4.41. The number of carbonyl (C=O) groups is 2. The highest BCUT2D eigenvalue weighted by molar-refractivity contribution is 7.85. The normalized spacial score (nSPS) is 14.4. The number of carboxylic acids is 2. The highest BCUT2D eigenvalue weighted by Crippen LogP contribution is 2.41. The van der Waals surface area contributed by atoms with Gasteiger partial charge in [0.25, 0.3) is 0 Å². The SMILES string of the molecule is CC1(C)C(/C=C/Nc2ccccc2)=[N+](CCCCCC(=O)O)c2ccc(S(=O)(=O)[O-])cc21.C[N+](C)(C)CC(=O)[O-]. The van der Waals surface area contributed by atoms with Crippen molar-refractivity contribution in [1.29, 1.82) is 0 Å². The number of hydrogen-bond acceptors (Lipinski definition) is 7. The highest BCUT2D eigenvalue weighted by atomic mass is 32.2. The molecule has 0 bridgehead atoms. The topological polar surface area (TPSA) is 150 Å². The lowest BCUT2D eigenvalue weighted by Crippen LogP contribution is -2.45. The van der Waals surface area contributed by atoms with Gasteiger partial charge in [-0.2, -0.15) is 4.58 Å². The summed E-state index contributed by atoms with van der Waals surface area (Å²) in [5, 5.41) is 22.0. The Bertz CT molecular complexity index is 1360. The Labute approximate surface area is 236 Å². The molecule has 0 saturated carbocycles. The largest absolute Gasteiger partial charge is 0.744 e. The van der Waals surface area contributed by atoms with Crippen molar-refractivity contribution in [2.75, 3.05) is 39.5 Å². The first kappa shape index (κ1) is 32.7. The Hall–Kier alpha value is -3.54. The van der Waals surface area contributed by atoms with Crippen LogP contribution in [0.25, 0.3) is 0 Å². The highest BCUT2D eigenvalue weighted by Gasteiger charge is 2.44. The molecule has 3 rings (SSSR count). The summed E-state index contributed by atoms with van der Waals surface area (Å²) in [6, 6.07) is 14.2. The lowest BCUT2D eigenvalue weighted by molar-refractivity contribution is -0.864. The molecule has 10 nitrogen and oxygen atoms in total. The van der Waals surface area contributed by atoms with Gasteiger partial charge in [0, 0.05) is 42.4 Å². The molecule has 11 heteroatoms. The number of benzene rings is 2. The van der Waals surface area contributed by atoms with E-state index in [1.807, 2.05) is 56.5 Å². The van der Waals surface area contributed by atoms with Crippen LogP contribution in [0.3, 0.4) is 0 Å². The maximum atomic E-state index is 11.6. The molecule has 0 unspecified atom stereocenters. The Morgan fingerprint density at radius 2 is 1.70 bits per heavy atom. The third-order valence-corrected chi connectivity index (χ3v) is 7.12. The van der Waals surface area contributed by atoms with Crippen LogP contribution in [-0.2, 0) is 25.1 Å².